The van der Waals surface area contributed by atoms with Crippen LogP contribution in [-0.4, -0.2) is 63.7 Å². The normalized spacial score (nSPS) is 15.8. The monoisotopic (exact) mass is 380 g/mol. The van der Waals surface area contributed by atoms with Crippen LogP contribution in [0.2, 0.25) is 0 Å². The minimum absolute atomic E-state index is 0.0244. The van der Waals surface area contributed by atoms with E-state index in [1.54, 1.807) is 13.8 Å². The van der Waals surface area contributed by atoms with Gasteiger partial charge in [-0.2, -0.15) is 0 Å². The summed E-state index contributed by atoms with van der Waals surface area (Å²) in [5, 5.41) is 3.25. The molecule has 0 bridgehead atoms. The predicted molar refractivity (Wildman–Crippen MR) is 89.0 cm³/mol. The van der Waals surface area contributed by atoms with E-state index in [1.165, 1.54) is 0 Å². The number of sulfone groups is 2. The Bertz CT molecular complexity index is 435. The number of hydrogen-bond acceptors (Lipinski definition) is 4. The molecule has 2 unspecified atom stereocenters. The first-order valence-corrected chi connectivity index (χ1v) is 11.4. The van der Waals surface area contributed by atoms with E-state index in [0.717, 1.165) is 0 Å². The van der Waals surface area contributed by atoms with Crippen LogP contribution in [0.3, 0.4) is 0 Å². The second-order valence-electron chi connectivity index (χ2n) is 4.98. The van der Waals surface area contributed by atoms with Gasteiger partial charge in [0.15, 0.2) is 19.7 Å². The summed E-state index contributed by atoms with van der Waals surface area (Å²) in [7, 11) is -6.29. The third-order valence-corrected chi connectivity index (χ3v) is 8.63. The van der Waals surface area contributed by atoms with Gasteiger partial charge in [0.25, 0.3) is 0 Å². The lowest BCUT2D eigenvalue weighted by Crippen LogP contribution is -2.27. The molecule has 0 N–H and O–H groups in total. The van der Waals surface area contributed by atoms with Crippen molar-refractivity contribution in [2.24, 2.45) is 0 Å². The topological polar surface area (TPSA) is 82.4 Å². The molecule has 2 atom stereocenters. The maximum absolute atomic E-state index is 11.7. The summed E-state index contributed by atoms with van der Waals surface area (Å²) < 4.78 is 46.8. The van der Waals surface area contributed by atoms with Gasteiger partial charge in [-0.1, -0.05) is 0 Å². The summed E-state index contributed by atoms with van der Waals surface area (Å²) in [5.74, 6) is 0.145. The molecule has 0 aromatic carbocycles. The molecule has 0 aliphatic heterocycles. The zero-order valence-corrected chi connectivity index (χ0v) is 15.6. The molecule has 127 valence electrons. The Morgan fingerprint density at radius 1 is 0.810 bits per heavy atom. The SMILES string of the molecule is CC(CC[N]CCC(C)S(=O)(=O)CCCl)S(=O)(=O)CCCl. The van der Waals surface area contributed by atoms with Crippen molar-refractivity contribution in [3.63, 3.8) is 0 Å². The second-order valence-corrected chi connectivity index (χ2v) is 10.8. The second kappa shape index (κ2) is 10.3. The van der Waals surface area contributed by atoms with E-state index in [0.29, 0.717) is 25.9 Å². The molecule has 0 spiro atoms. The number of halogens is 2. The molecule has 0 aromatic rings. The molecule has 0 heterocycles. The van der Waals surface area contributed by atoms with Crippen LogP contribution in [0.1, 0.15) is 26.7 Å². The zero-order valence-electron chi connectivity index (χ0n) is 12.5. The molecule has 0 aromatic heterocycles. The van der Waals surface area contributed by atoms with Gasteiger partial charge < -0.3 is 0 Å². The van der Waals surface area contributed by atoms with Crippen LogP contribution in [-0.2, 0) is 19.7 Å². The van der Waals surface area contributed by atoms with Crippen molar-refractivity contribution in [1.82, 2.24) is 5.32 Å². The van der Waals surface area contributed by atoms with Crippen molar-refractivity contribution in [3.05, 3.63) is 0 Å². The quantitative estimate of drug-likeness (QED) is 0.379. The van der Waals surface area contributed by atoms with E-state index in [-0.39, 0.29) is 23.3 Å². The summed E-state index contributed by atoms with van der Waals surface area (Å²) in [5.41, 5.74) is 0. The predicted octanol–water partition coefficient (Wildman–Crippen LogP) is 1.46. The van der Waals surface area contributed by atoms with Crippen molar-refractivity contribution in [2.45, 2.75) is 37.2 Å². The third-order valence-electron chi connectivity index (χ3n) is 3.34. The van der Waals surface area contributed by atoms with Gasteiger partial charge in [-0.25, -0.2) is 22.2 Å². The van der Waals surface area contributed by atoms with Crippen molar-refractivity contribution in [1.29, 1.82) is 0 Å². The Labute approximate surface area is 138 Å². The molecule has 0 fully saturated rings. The standard InChI is InChI=1S/C12H24Cl2NO4S2/c1-11(20(16,17)9-5-13)3-7-15-8-4-12(2)21(18,19)10-6-14/h11-12H,3-10H2,1-2H3. The van der Waals surface area contributed by atoms with Crippen molar-refractivity contribution in [2.75, 3.05) is 36.4 Å². The van der Waals surface area contributed by atoms with Gasteiger partial charge in [-0.05, 0) is 26.7 Å². The van der Waals surface area contributed by atoms with Gasteiger partial charge in [0, 0.05) is 24.8 Å². The van der Waals surface area contributed by atoms with E-state index in [4.69, 9.17) is 23.2 Å². The molecular weight excluding hydrogens is 357 g/mol. The van der Waals surface area contributed by atoms with E-state index in [2.05, 4.69) is 5.32 Å². The first-order valence-electron chi connectivity index (χ1n) is 6.85. The number of hydrogen-bond donors (Lipinski definition) is 0. The average molecular weight is 381 g/mol. The van der Waals surface area contributed by atoms with Crippen LogP contribution in [0.5, 0.6) is 0 Å². The van der Waals surface area contributed by atoms with Crippen LogP contribution in [0.4, 0.5) is 0 Å². The molecule has 9 heteroatoms. The fraction of sp³-hybridized carbons (Fsp3) is 1.00. The van der Waals surface area contributed by atoms with E-state index >= 15 is 0 Å². The smallest absolute Gasteiger partial charge is 0.154 e. The largest absolute Gasteiger partial charge is 0.242 e. The molecule has 0 saturated heterocycles. The first-order chi connectivity index (χ1) is 9.67. The van der Waals surface area contributed by atoms with Gasteiger partial charge in [0.05, 0.1) is 22.0 Å². The zero-order chi connectivity index (χ0) is 16.5. The Morgan fingerprint density at radius 2 is 1.14 bits per heavy atom. The van der Waals surface area contributed by atoms with Crippen LogP contribution >= 0.6 is 23.2 Å². The lowest BCUT2D eigenvalue weighted by molar-refractivity contribution is 0.552. The number of rotatable bonds is 12. The Kier molecular flexibility index (Phi) is 10.5. The summed E-state index contributed by atoms with van der Waals surface area (Å²) in [6.07, 6.45) is 0.865. The average Bonchev–Trinajstić information content (AvgIpc) is 2.37. The van der Waals surface area contributed by atoms with Crippen molar-refractivity contribution >= 4 is 42.9 Å². The molecule has 1 radical (unpaired) electrons. The maximum Gasteiger partial charge on any atom is 0.154 e. The van der Waals surface area contributed by atoms with E-state index < -0.39 is 30.2 Å². The minimum atomic E-state index is -3.15. The molecule has 0 amide bonds. The fourth-order valence-electron chi connectivity index (χ4n) is 1.63. The van der Waals surface area contributed by atoms with Crippen molar-refractivity contribution in [3.8, 4) is 0 Å². The summed E-state index contributed by atoms with van der Waals surface area (Å²) >= 11 is 10.9. The highest BCUT2D eigenvalue weighted by molar-refractivity contribution is 7.92. The fourth-order valence-corrected chi connectivity index (χ4v) is 5.09. The van der Waals surface area contributed by atoms with Crippen molar-refractivity contribution < 1.29 is 16.8 Å². The summed E-state index contributed by atoms with van der Waals surface area (Å²) in [6.45, 7) is 4.10. The highest BCUT2D eigenvalue weighted by atomic mass is 35.5. The molecule has 0 saturated carbocycles. The molecular formula is C12H24Cl2NO4S2. The summed E-state index contributed by atoms with van der Waals surface area (Å²) in [6, 6.07) is 0. The van der Waals surface area contributed by atoms with Gasteiger partial charge in [-0.3, -0.25) is 0 Å². The Hall–Kier alpha value is 0.440. The van der Waals surface area contributed by atoms with Crippen LogP contribution < -0.4 is 5.32 Å². The lowest BCUT2D eigenvalue weighted by Gasteiger charge is -2.13. The van der Waals surface area contributed by atoms with E-state index in [9.17, 15) is 16.8 Å². The number of alkyl halides is 2. The van der Waals surface area contributed by atoms with Gasteiger partial charge >= 0.3 is 0 Å². The number of nitrogens with zero attached hydrogens (tertiary/aromatic N) is 1. The molecule has 0 rings (SSSR count). The molecule has 21 heavy (non-hydrogen) atoms. The van der Waals surface area contributed by atoms with Crippen LogP contribution in [0.15, 0.2) is 0 Å². The molecule has 0 aliphatic carbocycles. The van der Waals surface area contributed by atoms with Crippen LogP contribution in [0.25, 0.3) is 0 Å². The lowest BCUT2D eigenvalue weighted by atomic mass is 10.3. The van der Waals surface area contributed by atoms with Gasteiger partial charge in [-0.15, -0.1) is 23.2 Å². The molecule has 0 aliphatic rings. The van der Waals surface area contributed by atoms with E-state index in [1.807, 2.05) is 0 Å². The van der Waals surface area contributed by atoms with Gasteiger partial charge in [0.2, 0.25) is 0 Å². The summed E-state index contributed by atoms with van der Waals surface area (Å²) in [4.78, 5) is 0. The van der Waals surface area contributed by atoms with Gasteiger partial charge in [0.1, 0.15) is 0 Å². The Morgan fingerprint density at radius 3 is 1.43 bits per heavy atom. The third kappa shape index (κ3) is 8.59. The highest BCUT2D eigenvalue weighted by Crippen LogP contribution is 2.08. The Balaban J connectivity index is 3.98. The first kappa shape index (κ1) is 21.4. The minimum Gasteiger partial charge on any atom is -0.242 e. The van der Waals surface area contributed by atoms with Crippen LogP contribution in [0, 0.1) is 0 Å². The molecule has 5 nitrogen and oxygen atoms in total. The highest BCUT2D eigenvalue weighted by Gasteiger charge is 2.21. The maximum atomic E-state index is 11.7.